The van der Waals surface area contributed by atoms with Gasteiger partial charge in [0.2, 0.25) is 0 Å². The minimum Gasteiger partial charge on any atom is -0.462 e. The topological polar surface area (TPSA) is 267 Å². The number of hydrogen-bond acceptors (Lipinski definition) is 15. The van der Waals surface area contributed by atoms with Crippen molar-refractivity contribution in [3.8, 4) is 0 Å². The summed E-state index contributed by atoms with van der Waals surface area (Å²) in [5.41, 5.74) is 0. The van der Waals surface area contributed by atoms with Crippen LogP contribution in [0.3, 0.4) is 0 Å². The van der Waals surface area contributed by atoms with Crippen LogP contribution in [0.4, 0.5) is 0 Å². The van der Waals surface area contributed by atoms with E-state index < -0.39 is 112 Å². The lowest BCUT2D eigenvalue weighted by atomic mass is 9.83. The predicted octanol–water partition coefficient (Wildman–Crippen LogP) is 5.76. The van der Waals surface area contributed by atoms with Crippen molar-refractivity contribution in [2.24, 2.45) is 11.8 Å². The maximum absolute atomic E-state index is 13.7. The van der Waals surface area contributed by atoms with Crippen LogP contribution in [0, 0.1) is 11.8 Å². The average molecular weight is 931 g/mol. The van der Waals surface area contributed by atoms with Crippen molar-refractivity contribution in [2.75, 3.05) is 13.2 Å². The molecule has 8 N–H and O–H groups in total. The lowest BCUT2D eigenvalue weighted by Gasteiger charge is -2.36. The minimum absolute atomic E-state index is 0.00686. The first-order valence-electron chi connectivity index (χ1n) is 23.5. The molecular formula is C47H79O16P. The Kier molecular flexibility index (Phi) is 29.6. The average Bonchev–Trinajstić information content (AvgIpc) is 3.26. The van der Waals surface area contributed by atoms with Gasteiger partial charge in [0.15, 0.2) is 6.10 Å². The van der Waals surface area contributed by atoms with E-state index in [1.807, 2.05) is 6.92 Å². The smallest absolute Gasteiger partial charge is 0.462 e. The number of rotatable bonds is 21. The Hall–Kier alpha value is -2.60. The quantitative estimate of drug-likeness (QED) is 0.0295. The zero-order valence-electron chi connectivity index (χ0n) is 38.0. The van der Waals surface area contributed by atoms with Crippen molar-refractivity contribution in [1.82, 2.24) is 0 Å². The highest BCUT2D eigenvalue weighted by Crippen LogP contribution is 2.47. The van der Waals surface area contributed by atoms with E-state index in [9.17, 15) is 59.6 Å². The molecule has 1 heterocycles. The lowest BCUT2D eigenvalue weighted by Crippen LogP contribution is -2.55. The first-order chi connectivity index (χ1) is 30.6. The lowest BCUT2D eigenvalue weighted by molar-refractivity contribution is -0.166. The number of phosphoric ester groups is 1. The molecule has 64 heavy (non-hydrogen) atoms. The van der Waals surface area contributed by atoms with Gasteiger partial charge in [0, 0.05) is 25.2 Å². The molecule has 2 aliphatic rings. The molecule has 2 rings (SSSR count). The Morgan fingerprint density at radius 2 is 1.45 bits per heavy atom. The van der Waals surface area contributed by atoms with Crippen LogP contribution in [0.1, 0.15) is 149 Å². The second-order valence-corrected chi connectivity index (χ2v) is 18.4. The molecule has 12 atom stereocenters. The summed E-state index contributed by atoms with van der Waals surface area (Å²) in [5.74, 6) is -5.18. The van der Waals surface area contributed by atoms with Crippen molar-refractivity contribution in [3.05, 3.63) is 48.6 Å². The van der Waals surface area contributed by atoms with E-state index in [1.54, 1.807) is 12.2 Å². The number of hydrogen-bond donors (Lipinski definition) is 8. The molecule has 0 aromatic rings. The van der Waals surface area contributed by atoms with Crippen molar-refractivity contribution in [2.45, 2.75) is 204 Å². The molecular weight excluding hydrogens is 851 g/mol. The third kappa shape index (κ3) is 23.2. The van der Waals surface area contributed by atoms with Gasteiger partial charge in [-0.2, -0.15) is 0 Å². The first-order valence-corrected chi connectivity index (χ1v) is 25.0. The second kappa shape index (κ2) is 33.0. The first kappa shape index (κ1) is 57.5. The number of cyclic esters (lactones) is 1. The van der Waals surface area contributed by atoms with E-state index in [2.05, 4.69) is 31.2 Å². The van der Waals surface area contributed by atoms with E-state index >= 15 is 0 Å². The van der Waals surface area contributed by atoms with Crippen LogP contribution in [0.5, 0.6) is 0 Å². The maximum Gasteiger partial charge on any atom is 0.472 e. The summed E-state index contributed by atoms with van der Waals surface area (Å²) in [7, 11) is -5.47. The van der Waals surface area contributed by atoms with Crippen LogP contribution < -0.4 is 0 Å². The molecule has 1 fully saturated rings. The Balaban J connectivity index is 2.22. The highest BCUT2D eigenvalue weighted by atomic mass is 31.2. The van der Waals surface area contributed by atoms with Gasteiger partial charge in [0.25, 0.3) is 0 Å². The van der Waals surface area contributed by atoms with Crippen molar-refractivity contribution in [3.63, 3.8) is 0 Å². The summed E-state index contributed by atoms with van der Waals surface area (Å²) >= 11 is 0. The monoisotopic (exact) mass is 931 g/mol. The molecule has 0 spiro atoms. The number of unbranched alkanes of at least 4 members (excludes halogenated alkanes) is 10. The summed E-state index contributed by atoms with van der Waals surface area (Å²) in [4.78, 5) is 50.1. The molecule has 1 aliphatic carbocycles. The third-order valence-electron chi connectivity index (χ3n) is 11.5. The normalized spacial score (nSPS) is 32.0. The number of aliphatic hydroxyl groups is 7. The fourth-order valence-corrected chi connectivity index (χ4v) is 8.53. The Bertz CT molecular complexity index is 1480. The van der Waals surface area contributed by atoms with Gasteiger partial charge in [-0.25, -0.2) is 4.57 Å². The Morgan fingerprint density at radius 3 is 2.16 bits per heavy atom. The molecule has 0 amide bonds. The van der Waals surface area contributed by atoms with Crippen LogP contribution >= 0.6 is 7.82 Å². The van der Waals surface area contributed by atoms with E-state index in [4.69, 9.17) is 18.5 Å². The number of ether oxygens (including phenoxy) is 2. The molecule has 368 valence electrons. The van der Waals surface area contributed by atoms with E-state index in [0.29, 0.717) is 32.1 Å². The molecule has 16 nitrogen and oxygen atoms in total. The summed E-state index contributed by atoms with van der Waals surface area (Å²) in [6.45, 7) is 2.74. The molecule has 0 aromatic heterocycles. The van der Waals surface area contributed by atoms with Crippen LogP contribution in [0.2, 0.25) is 0 Å². The van der Waals surface area contributed by atoms with E-state index in [1.165, 1.54) is 25.3 Å². The van der Waals surface area contributed by atoms with Crippen LogP contribution in [-0.4, -0.2) is 127 Å². The Labute approximate surface area is 380 Å². The number of carbonyl (C=O) groups is 3. The van der Waals surface area contributed by atoms with Gasteiger partial charge < -0.3 is 50.1 Å². The van der Waals surface area contributed by atoms with Crippen molar-refractivity contribution < 1.29 is 78.1 Å². The van der Waals surface area contributed by atoms with Gasteiger partial charge in [0.05, 0.1) is 36.9 Å². The highest BCUT2D eigenvalue weighted by molar-refractivity contribution is 7.47. The second-order valence-electron chi connectivity index (χ2n) is 17.0. The predicted molar refractivity (Wildman–Crippen MR) is 240 cm³/mol. The number of ketones is 1. The number of phosphoric acid groups is 1. The zero-order valence-corrected chi connectivity index (χ0v) is 38.9. The number of aliphatic hydroxyl groups excluding tert-OH is 7. The fourth-order valence-electron chi connectivity index (χ4n) is 7.56. The standard InChI is InChI=1S/C47H79O16P/c1-3-5-7-8-9-10-11-12-13-14-15-16-17-18-24-28-41(52)62-35-32-60-40(51)27-23-20-19-22-26-36-38(49)31-39(50)37(30-29-34(48)25-21-6-4-2)43(54)45(56)47(46(57)44(55)42(36)53)63-64(58,59)61-33-35/h9-10,12-13,19,22,29-30,34-38,42-49,53-57H,3-8,11,14-18,20-21,23-28,31-33H2,1-2H3,(H,58,59)/b10-9-,13-12-,22-19-,30-29+/t34-,35+,36-,37-,38-,42+,43+,44-,45+,46+,47+/m0/s1. The molecule has 1 unspecified atom stereocenters. The largest absolute Gasteiger partial charge is 0.472 e. The number of carbonyl (C=O) groups excluding carboxylic acids is 3. The summed E-state index contributed by atoms with van der Waals surface area (Å²) in [5, 5.41) is 78.4. The van der Waals surface area contributed by atoms with Gasteiger partial charge in [-0.1, -0.05) is 114 Å². The summed E-state index contributed by atoms with van der Waals surface area (Å²) in [6, 6.07) is 0. The number of Topliss-reactive ketones (excluding diaryl/α,β-unsaturated/α-hetero) is 1. The van der Waals surface area contributed by atoms with Crippen LogP contribution in [-0.2, 0) is 37.5 Å². The minimum atomic E-state index is -5.47. The summed E-state index contributed by atoms with van der Waals surface area (Å²) in [6.07, 6.45) is 9.71. The number of allylic oxidation sites excluding steroid dienone is 6. The molecule has 2 bridgehead atoms. The molecule has 0 saturated heterocycles. The zero-order chi connectivity index (χ0) is 47.3. The molecule has 1 saturated carbocycles. The number of fused-ring (bicyclic) bond motifs is 4. The van der Waals surface area contributed by atoms with Gasteiger partial charge in [0.1, 0.15) is 36.8 Å². The molecule has 17 heteroatoms. The highest BCUT2D eigenvalue weighted by Gasteiger charge is 2.49. The molecule has 0 aromatic carbocycles. The Morgan fingerprint density at radius 1 is 0.812 bits per heavy atom. The number of esters is 2. The van der Waals surface area contributed by atoms with Crippen LogP contribution in [0.25, 0.3) is 0 Å². The van der Waals surface area contributed by atoms with Gasteiger partial charge in [-0.05, 0) is 64.2 Å². The van der Waals surface area contributed by atoms with E-state index in [-0.39, 0.29) is 19.3 Å². The van der Waals surface area contributed by atoms with E-state index in [0.717, 1.165) is 63.9 Å². The SMILES string of the molecule is CCCCC/C=C\C/C=C\CCCCCCCC(=O)O[C@@H]1COC(=O)CCC/C=C\C[C@@H]2[C@@H](O)[C@H](O)[C@@H](O)[C@H](OP(=O)(O)OC1)[C@H](O)[C@H](O)[C@@H](/C=C/[C@@H](O)CCCCC)C(=O)C[C@@H]2O. The maximum atomic E-state index is 13.7. The van der Waals surface area contributed by atoms with Crippen molar-refractivity contribution >= 4 is 25.5 Å². The van der Waals surface area contributed by atoms with Crippen LogP contribution in [0.15, 0.2) is 48.6 Å². The van der Waals surface area contributed by atoms with Gasteiger partial charge in [-0.3, -0.25) is 23.4 Å². The fraction of sp³-hybridized carbons (Fsp3) is 0.766. The summed E-state index contributed by atoms with van der Waals surface area (Å²) < 4.78 is 34.6. The third-order valence-corrected chi connectivity index (χ3v) is 12.5. The molecule has 1 aliphatic heterocycles. The van der Waals surface area contributed by atoms with Gasteiger partial charge in [-0.15, -0.1) is 0 Å². The van der Waals surface area contributed by atoms with Crippen molar-refractivity contribution in [1.29, 1.82) is 0 Å². The molecule has 0 radical (unpaired) electrons. The van der Waals surface area contributed by atoms with Gasteiger partial charge >= 0.3 is 19.8 Å².